The predicted octanol–water partition coefficient (Wildman–Crippen LogP) is 3.80. The van der Waals surface area contributed by atoms with Crippen molar-refractivity contribution in [2.24, 2.45) is 0 Å². The number of nitrogens with two attached hydrogens (primary N) is 1. The molecular weight excluding hydrogens is 329 g/mol. The van der Waals surface area contributed by atoms with Gasteiger partial charge in [0.05, 0.1) is 30.0 Å². The molecule has 0 bridgehead atoms. The monoisotopic (exact) mass is 347 g/mol. The Bertz CT molecular complexity index is 901. The fraction of sp³-hybridized carbons (Fsp3) is 0.294. The van der Waals surface area contributed by atoms with Crippen molar-refractivity contribution in [3.63, 3.8) is 0 Å². The molecule has 0 amide bonds. The summed E-state index contributed by atoms with van der Waals surface area (Å²) in [6, 6.07) is 5.73. The van der Waals surface area contributed by atoms with Crippen molar-refractivity contribution < 1.29 is 13.9 Å². The number of hydrogen-bond acceptors (Lipinski definition) is 5. The Labute approximate surface area is 142 Å². The Morgan fingerprint density at radius 3 is 2.96 bits per heavy atom. The van der Waals surface area contributed by atoms with Crippen molar-refractivity contribution in [2.75, 3.05) is 19.0 Å². The van der Waals surface area contributed by atoms with Crippen LogP contribution in [0.2, 0.25) is 0 Å². The molecule has 2 N–H and O–H groups in total. The Morgan fingerprint density at radius 1 is 1.46 bits per heavy atom. The van der Waals surface area contributed by atoms with E-state index in [4.69, 9.17) is 10.5 Å². The maximum Gasteiger partial charge on any atom is 0.350 e. The number of carbonyl (C=O) groups is 1. The molecule has 0 spiro atoms. The number of carbonyl (C=O) groups excluding carboxylic acids is 1. The molecule has 0 atom stereocenters. The third kappa shape index (κ3) is 2.87. The number of esters is 1. The molecule has 2 heterocycles. The number of benzene rings is 1. The second-order valence-corrected chi connectivity index (χ2v) is 6.35. The van der Waals surface area contributed by atoms with Gasteiger partial charge in [0, 0.05) is 17.1 Å². The zero-order valence-electron chi connectivity index (χ0n) is 13.5. The van der Waals surface area contributed by atoms with E-state index >= 15 is 0 Å². The summed E-state index contributed by atoms with van der Waals surface area (Å²) in [5.41, 5.74) is 9.04. The lowest BCUT2D eigenvalue weighted by Crippen LogP contribution is -2.03. The third-order valence-electron chi connectivity index (χ3n) is 3.74. The highest BCUT2D eigenvalue weighted by Crippen LogP contribution is 2.33. The maximum absolute atomic E-state index is 12.6. The first kappa shape index (κ1) is 16.4. The molecule has 126 valence electrons. The Hall–Kier alpha value is -2.41. The second kappa shape index (κ2) is 6.60. The molecule has 0 aliphatic carbocycles. The molecule has 2 aromatic heterocycles. The molecule has 0 fully saturated rings. The van der Waals surface area contributed by atoms with Gasteiger partial charge in [-0.25, -0.2) is 14.2 Å². The van der Waals surface area contributed by atoms with Crippen LogP contribution < -0.4 is 5.73 Å². The SMILES string of the molecule is CCOC(=O)c1sc(-c2ccc3c(c2)c(N)cn3CCF)nc1C. The Balaban J connectivity index is 2.02. The van der Waals surface area contributed by atoms with Crippen LogP contribution in [0.3, 0.4) is 0 Å². The van der Waals surface area contributed by atoms with Crippen molar-refractivity contribution in [1.29, 1.82) is 0 Å². The number of fused-ring (bicyclic) bond motifs is 1. The van der Waals surface area contributed by atoms with E-state index in [0.717, 1.165) is 21.5 Å². The van der Waals surface area contributed by atoms with Gasteiger partial charge in [0.15, 0.2) is 0 Å². The predicted molar refractivity (Wildman–Crippen MR) is 94.1 cm³/mol. The lowest BCUT2D eigenvalue weighted by molar-refractivity contribution is 0.0531. The molecule has 0 saturated heterocycles. The number of ether oxygens (including phenoxy) is 1. The first-order valence-corrected chi connectivity index (χ1v) is 8.46. The number of alkyl halides is 1. The minimum Gasteiger partial charge on any atom is -0.462 e. The van der Waals surface area contributed by atoms with Crippen LogP contribution in [0.5, 0.6) is 0 Å². The normalized spacial score (nSPS) is 11.1. The highest BCUT2D eigenvalue weighted by atomic mass is 32.1. The van der Waals surface area contributed by atoms with Crippen molar-refractivity contribution >= 4 is 33.9 Å². The second-order valence-electron chi connectivity index (χ2n) is 5.35. The summed E-state index contributed by atoms with van der Waals surface area (Å²) < 4.78 is 19.5. The summed E-state index contributed by atoms with van der Waals surface area (Å²) in [6.07, 6.45) is 1.74. The van der Waals surface area contributed by atoms with Gasteiger partial charge in [-0.2, -0.15) is 0 Å². The summed E-state index contributed by atoms with van der Waals surface area (Å²) >= 11 is 1.30. The van der Waals surface area contributed by atoms with E-state index in [1.54, 1.807) is 24.6 Å². The number of hydrogen-bond donors (Lipinski definition) is 1. The number of rotatable bonds is 5. The highest BCUT2D eigenvalue weighted by molar-refractivity contribution is 7.17. The van der Waals surface area contributed by atoms with Gasteiger partial charge >= 0.3 is 5.97 Å². The van der Waals surface area contributed by atoms with Crippen molar-refractivity contribution in [1.82, 2.24) is 9.55 Å². The van der Waals surface area contributed by atoms with Crippen LogP contribution in [0.25, 0.3) is 21.5 Å². The molecule has 3 aromatic rings. The Kier molecular flexibility index (Phi) is 4.53. The topological polar surface area (TPSA) is 70.1 Å². The van der Waals surface area contributed by atoms with Gasteiger partial charge in [-0.1, -0.05) is 0 Å². The van der Waals surface area contributed by atoms with Crippen LogP contribution in [0.4, 0.5) is 10.1 Å². The highest BCUT2D eigenvalue weighted by Gasteiger charge is 2.18. The van der Waals surface area contributed by atoms with Gasteiger partial charge in [0.25, 0.3) is 0 Å². The van der Waals surface area contributed by atoms with Crippen molar-refractivity contribution in [3.05, 3.63) is 35.0 Å². The van der Waals surface area contributed by atoms with E-state index in [1.807, 2.05) is 18.2 Å². The lowest BCUT2D eigenvalue weighted by atomic mass is 10.1. The van der Waals surface area contributed by atoms with Gasteiger partial charge in [0.2, 0.25) is 0 Å². The summed E-state index contributed by atoms with van der Waals surface area (Å²) in [5.74, 6) is -0.353. The van der Waals surface area contributed by atoms with E-state index in [1.165, 1.54) is 11.3 Å². The van der Waals surface area contributed by atoms with E-state index in [0.29, 0.717) is 22.9 Å². The molecule has 0 saturated carbocycles. The van der Waals surface area contributed by atoms with Crippen LogP contribution in [-0.2, 0) is 11.3 Å². The van der Waals surface area contributed by atoms with Crippen LogP contribution in [0.1, 0.15) is 22.3 Å². The lowest BCUT2D eigenvalue weighted by Gasteiger charge is -2.02. The molecule has 1 aromatic carbocycles. The first-order chi connectivity index (χ1) is 11.5. The van der Waals surface area contributed by atoms with Gasteiger partial charge in [-0.3, -0.25) is 0 Å². The number of aromatic nitrogens is 2. The first-order valence-electron chi connectivity index (χ1n) is 7.64. The molecule has 7 heteroatoms. The molecule has 0 unspecified atom stereocenters. The van der Waals surface area contributed by atoms with Gasteiger partial charge in [-0.15, -0.1) is 11.3 Å². The number of aryl methyl sites for hydroxylation is 2. The minimum atomic E-state index is -0.445. The van der Waals surface area contributed by atoms with Crippen LogP contribution in [0.15, 0.2) is 24.4 Å². The summed E-state index contributed by atoms with van der Waals surface area (Å²) in [4.78, 5) is 16.9. The van der Waals surface area contributed by atoms with Crippen LogP contribution in [-0.4, -0.2) is 28.8 Å². The maximum atomic E-state index is 12.6. The number of nitrogens with zero attached hydrogens (tertiary/aromatic N) is 2. The van der Waals surface area contributed by atoms with Crippen molar-refractivity contribution in [2.45, 2.75) is 20.4 Å². The molecule has 24 heavy (non-hydrogen) atoms. The smallest absolute Gasteiger partial charge is 0.350 e. The zero-order chi connectivity index (χ0) is 17.3. The standard InChI is InChI=1S/C17H18FN3O2S/c1-3-23-17(22)15-10(2)20-16(24-15)11-4-5-14-12(8-11)13(19)9-21(14)7-6-18/h4-5,8-9H,3,6-7,19H2,1-2H3. The average molecular weight is 347 g/mol. The molecular formula is C17H18FN3O2S. The number of halogens is 1. The van der Waals surface area contributed by atoms with Gasteiger partial charge in [0.1, 0.15) is 16.6 Å². The Morgan fingerprint density at radius 2 is 2.25 bits per heavy atom. The van der Waals surface area contributed by atoms with E-state index < -0.39 is 6.67 Å². The summed E-state index contributed by atoms with van der Waals surface area (Å²) in [6.45, 7) is 3.72. The third-order valence-corrected chi connectivity index (χ3v) is 4.93. The van der Waals surface area contributed by atoms with E-state index in [-0.39, 0.29) is 12.5 Å². The number of nitrogen functional groups attached to an aromatic ring is 1. The molecule has 0 radical (unpaired) electrons. The van der Waals surface area contributed by atoms with E-state index in [2.05, 4.69) is 4.98 Å². The summed E-state index contributed by atoms with van der Waals surface area (Å²) in [5, 5.41) is 1.58. The molecule has 0 aliphatic rings. The molecule has 0 aliphatic heterocycles. The fourth-order valence-corrected chi connectivity index (χ4v) is 3.60. The van der Waals surface area contributed by atoms with Crippen LogP contribution >= 0.6 is 11.3 Å². The average Bonchev–Trinajstić information content (AvgIpc) is 3.09. The molecule has 5 nitrogen and oxygen atoms in total. The fourth-order valence-electron chi connectivity index (χ4n) is 2.64. The van der Waals surface area contributed by atoms with Crippen LogP contribution in [0, 0.1) is 6.92 Å². The van der Waals surface area contributed by atoms with Gasteiger partial charge < -0.3 is 15.0 Å². The zero-order valence-corrected chi connectivity index (χ0v) is 14.3. The van der Waals surface area contributed by atoms with Crippen molar-refractivity contribution in [3.8, 4) is 10.6 Å². The number of anilines is 1. The number of thiazole rings is 1. The minimum absolute atomic E-state index is 0.274. The molecule has 3 rings (SSSR count). The van der Waals surface area contributed by atoms with E-state index in [9.17, 15) is 9.18 Å². The quantitative estimate of drug-likeness (QED) is 0.713. The van der Waals surface area contributed by atoms with Gasteiger partial charge in [-0.05, 0) is 32.0 Å². The summed E-state index contributed by atoms with van der Waals surface area (Å²) in [7, 11) is 0. The largest absolute Gasteiger partial charge is 0.462 e.